The van der Waals surface area contributed by atoms with Crippen molar-refractivity contribution in [2.75, 3.05) is 57.3 Å². The number of anilines is 1. The third-order valence-electron chi connectivity index (χ3n) is 5.47. The molecule has 142 valence electrons. The Hall–Kier alpha value is -2.28. The normalized spacial score (nSPS) is 20.2. The minimum atomic E-state index is -0.138. The van der Waals surface area contributed by atoms with Gasteiger partial charge in [-0.3, -0.25) is 14.5 Å². The topological polar surface area (TPSA) is 67.3 Å². The molecular formula is C19H28N4O3. The Morgan fingerprint density at radius 3 is 1.96 bits per heavy atom. The number of benzene rings is 1. The highest BCUT2D eigenvalue weighted by molar-refractivity contribution is 5.82. The first kappa shape index (κ1) is 18.5. The Labute approximate surface area is 154 Å². The highest BCUT2D eigenvalue weighted by Crippen LogP contribution is 2.20. The number of carbonyl (C=O) groups excluding carboxylic acids is 2. The lowest BCUT2D eigenvalue weighted by Gasteiger charge is -2.41. The summed E-state index contributed by atoms with van der Waals surface area (Å²) in [7, 11) is 0. The molecule has 0 saturated carbocycles. The fraction of sp³-hybridized carbons (Fsp3) is 0.579. The molecule has 0 aromatic heterocycles. The van der Waals surface area contributed by atoms with Crippen LogP contribution in [0, 0.1) is 0 Å². The van der Waals surface area contributed by atoms with Crippen molar-refractivity contribution in [3.05, 3.63) is 24.3 Å². The molecule has 0 radical (unpaired) electrons. The number of hydrogen-bond donors (Lipinski definition) is 1. The van der Waals surface area contributed by atoms with Crippen LogP contribution in [-0.4, -0.2) is 90.0 Å². The van der Waals surface area contributed by atoms with E-state index in [-0.39, 0.29) is 23.6 Å². The van der Waals surface area contributed by atoms with Crippen molar-refractivity contribution in [1.82, 2.24) is 14.7 Å². The number of nitrogens with zero attached hydrogens (tertiary/aromatic N) is 4. The van der Waals surface area contributed by atoms with Gasteiger partial charge in [-0.2, -0.15) is 0 Å². The highest BCUT2D eigenvalue weighted by atomic mass is 16.3. The third kappa shape index (κ3) is 4.09. The average molecular weight is 360 g/mol. The van der Waals surface area contributed by atoms with E-state index in [1.807, 2.05) is 24.0 Å². The van der Waals surface area contributed by atoms with Crippen molar-refractivity contribution in [2.45, 2.75) is 19.9 Å². The molecule has 26 heavy (non-hydrogen) atoms. The molecule has 1 atom stereocenters. The van der Waals surface area contributed by atoms with Crippen LogP contribution in [-0.2, 0) is 9.59 Å². The van der Waals surface area contributed by atoms with Gasteiger partial charge in [-0.1, -0.05) is 0 Å². The molecule has 2 heterocycles. The summed E-state index contributed by atoms with van der Waals surface area (Å²) in [4.78, 5) is 32.4. The number of phenolic OH excluding ortho intramolecular Hbond substituents is 1. The standard InChI is InChI=1S/C19H28N4O3/c1-15(19(26)23-13-9-21(10-14-23)16(2)24)20-7-11-22(12-8-20)17-3-5-18(25)6-4-17/h3-6,15,25H,7-14H2,1-2H3. The first-order valence-electron chi connectivity index (χ1n) is 9.28. The first-order chi connectivity index (χ1) is 12.5. The van der Waals surface area contributed by atoms with E-state index in [0.29, 0.717) is 26.2 Å². The summed E-state index contributed by atoms with van der Waals surface area (Å²) in [5, 5.41) is 9.41. The predicted octanol–water partition coefficient (Wildman–Crippen LogP) is 0.593. The second-order valence-corrected chi connectivity index (χ2v) is 7.05. The van der Waals surface area contributed by atoms with E-state index in [9.17, 15) is 14.7 Å². The van der Waals surface area contributed by atoms with Crippen LogP contribution in [0.5, 0.6) is 5.75 Å². The molecular weight excluding hydrogens is 332 g/mol. The monoisotopic (exact) mass is 360 g/mol. The van der Waals surface area contributed by atoms with Crippen molar-refractivity contribution in [2.24, 2.45) is 0 Å². The van der Waals surface area contributed by atoms with E-state index >= 15 is 0 Å². The Balaban J connectivity index is 1.50. The Morgan fingerprint density at radius 2 is 1.42 bits per heavy atom. The number of carbonyl (C=O) groups is 2. The fourth-order valence-corrected chi connectivity index (χ4v) is 3.69. The van der Waals surface area contributed by atoms with Gasteiger partial charge in [0.15, 0.2) is 0 Å². The molecule has 2 aliphatic heterocycles. The van der Waals surface area contributed by atoms with Crippen LogP contribution in [0.4, 0.5) is 5.69 Å². The minimum absolute atomic E-state index is 0.0792. The summed E-state index contributed by atoms with van der Waals surface area (Å²) < 4.78 is 0. The van der Waals surface area contributed by atoms with Crippen molar-refractivity contribution in [3.63, 3.8) is 0 Å². The van der Waals surface area contributed by atoms with Crippen LogP contribution in [0.2, 0.25) is 0 Å². The molecule has 1 aromatic rings. The largest absolute Gasteiger partial charge is 0.508 e. The summed E-state index contributed by atoms with van der Waals surface area (Å²) in [5.41, 5.74) is 1.10. The molecule has 0 aliphatic carbocycles. The zero-order chi connectivity index (χ0) is 18.7. The van der Waals surface area contributed by atoms with Gasteiger partial charge in [-0.15, -0.1) is 0 Å². The van der Waals surface area contributed by atoms with E-state index in [4.69, 9.17) is 0 Å². The van der Waals surface area contributed by atoms with Crippen molar-refractivity contribution in [3.8, 4) is 5.75 Å². The molecule has 0 spiro atoms. The van der Waals surface area contributed by atoms with Crippen LogP contribution in [0.3, 0.4) is 0 Å². The maximum absolute atomic E-state index is 12.8. The number of piperazine rings is 2. The molecule has 7 nitrogen and oxygen atoms in total. The van der Waals surface area contributed by atoms with E-state index in [2.05, 4.69) is 9.80 Å². The van der Waals surface area contributed by atoms with Crippen LogP contribution >= 0.6 is 0 Å². The van der Waals surface area contributed by atoms with Gasteiger partial charge in [-0.05, 0) is 31.2 Å². The van der Waals surface area contributed by atoms with Crippen LogP contribution in [0.15, 0.2) is 24.3 Å². The lowest BCUT2D eigenvalue weighted by molar-refractivity contribution is -0.142. The Bertz CT molecular complexity index is 633. The van der Waals surface area contributed by atoms with Gasteiger partial charge >= 0.3 is 0 Å². The first-order valence-corrected chi connectivity index (χ1v) is 9.28. The Morgan fingerprint density at radius 1 is 0.885 bits per heavy atom. The summed E-state index contributed by atoms with van der Waals surface area (Å²) in [6.45, 7) is 9.45. The lowest BCUT2D eigenvalue weighted by atomic mass is 10.1. The fourth-order valence-electron chi connectivity index (χ4n) is 3.69. The molecule has 2 fully saturated rings. The molecule has 1 unspecified atom stereocenters. The molecule has 1 aromatic carbocycles. The summed E-state index contributed by atoms with van der Waals surface area (Å²) in [6, 6.07) is 7.12. The van der Waals surface area contributed by atoms with Crippen LogP contribution < -0.4 is 4.90 Å². The number of phenols is 1. The van der Waals surface area contributed by atoms with Crippen LogP contribution in [0.25, 0.3) is 0 Å². The number of hydrogen-bond acceptors (Lipinski definition) is 5. The van der Waals surface area contributed by atoms with E-state index in [1.54, 1.807) is 24.0 Å². The second-order valence-electron chi connectivity index (χ2n) is 7.05. The maximum Gasteiger partial charge on any atom is 0.239 e. The van der Waals surface area contributed by atoms with Gasteiger partial charge < -0.3 is 19.8 Å². The third-order valence-corrected chi connectivity index (χ3v) is 5.47. The molecule has 2 saturated heterocycles. The van der Waals surface area contributed by atoms with Gasteiger partial charge in [0.2, 0.25) is 11.8 Å². The average Bonchev–Trinajstić information content (AvgIpc) is 2.67. The van der Waals surface area contributed by atoms with E-state index in [1.165, 1.54) is 0 Å². The van der Waals surface area contributed by atoms with Crippen molar-refractivity contribution >= 4 is 17.5 Å². The molecule has 2 aliphatic rings. The molecule has 2 amide bonds. The number of rotatable bonds is 3. The van der Waals surface area contributed by atoms with Gasteiger partial charge in [0.05, 0.1) is 6.04 Å². The number of amides is 2. The lowest BCUT2D eigenvalue weighted by Crippen LogP contribution is -2.57. The molecule has 7 heteroatoms. The Kier molecular flexibility index (Phi) is 5.66. The SMILES string of the molecule is CC(=O)N1CCN(C(=O)C(C)N2CCN(c3ccc(O)cc3)CC2)CC1. The highest BCUT2D eigenvalue weighted by Gasteiger charge is 2.30. The predicted molar refractivity (Wildman–Crippen MR) is 100 cm³/mol. The van der Waals surface area contributed by atoms with E-state index < -0.39 is 0 Å². The molecule has 3 rings (SSSR count). The second kappa shape index (κ2) is 7.95. The van der Waals surface area contributed by atoms with Gasteiger partial charge in [0.25, 0.3) is 0 Å². The van der Waals surface area contributed by atoms with Crippen LogP contribution in [0.1, 0.15) is 13.8 Å². The summed E-state index contributed by atoms with van der Waals surface area (Å²) >= 11 is 0. The zero-order valence-corrected chi connectivity index (χ0v) is 15.6. The van der Waals surface area contributed by atoms with Gasteiger partial charge in [0, 0.05) is 65.0 Å². The summed E-state index contributed by atoms with van der Waals surface area (Å²) in [6.07, 6.45) is 0. The maximum atomic E-state index is 12.8. The zero-order valence-electron chi connectivity index (χ0n) is 15.6. The number of aromatic hydroxyl groups is 1. The minimum Gasteiger partial charge on any atom is -0.508 e. The quantitative estimate of drug-likeness (QED) is 0.855. The van der Waals surface area contributed by atoms with Gasteiger partial charge in [0.1, 0.15) is 5.75 Å². The van der Waals surface area contributed by atoms with Gasteiger partial charge in [-0.25, -0.2) is 0 Å². The van der Waals surface area contributed by atoms with Crippen molar-refractivity contribution in [1.29, 1.82) is 0 Å². The molecule has 0 bridgehead atoms. The smallest absolute Gasteiger partial charge is 0.239 e. The van der Waals surface area contributed by atoms with E-state index in [0.717, 1.165) is 31.9 Å². The van der Waals surface area contributed by atoms with Crippen molar-refractivity contribution < 1.29 is 14.7 Å². The molecule has 1 N–H and O–H groups in total. The summed E-state index contributed by atoms with van der Waals surface area (Å²) in [5.74, 6) is 0.512.